The molecule has 7 aromatic carbocycles. The van der Waals surface area contributed by atoms with Gasteiger partial charge in [-0.2, -0.15) is 0 Å². The predicted molar refractivity (Wildman–Crippen MR) is 247 cm³/mol. The number of hydrogen-bond donors (Lipinski definition) is 0. The van der Waals surface area contributed by atoms with Crippen molar-refractivity contribution in [1.29, 1.82) is 0 Å². The quantitative estimate of drug-likeness (QED) is 0.169. The molecule has 60 heavy (non-hydrogen) atoms. The van der Waals surface area contributed by atoms with Gasteiger partial charge >= 0.3 is 0 Å². The molecule has 0 amide bonds. The van der Waals surface area contributed by atoms with Gasteiger partial charge in [0.05, 0.1) is 0 Å². The van der Waals surface area contributed by atoms with Crippen molar-refractivity contribution in [3.63, 3.8) is 0 Å². The Hall–Kier alpha value is -7.43. The number of hydrogen-bond acceptors (Lipinski definition) is 4. The Morgan fingerprint density at radius 1 is 0.500 bits per heavy atom. The molecular formula is C56H40N2O2. The van der Waals surface area contributed by atoms with E-state index >= 15 is 0 Å². The average Bonchev–Trinajstić information content (AvgIpc) is 3.95. The van der Waals surface area contributed by atoms with Crippen LogP contribution in [0.5, 0.6) is 0 Å². The zero-order chi connectivity index (χ0) is 40.0. The summed E-state index contributed by atoms with van der Waals surface area (Å²) in [5.41, 5.74) is 17.5. The van der Waals surface area contributed by atoms with E-state index < -0.39 is 0 Å². The van der Waals surface area contributed by atoms with Gasteiger partial charge in [-0.15, -0.1) is 0 Å². The van der Waals surface area contributed by atoms with E-state index in [0.29, 0.717) is 23.3 Å². The van der Waals surface area contributed by atoms with Gasteiger partial charge in [0.1, 0.15) is 16.7 Å². The first kappa shape index (κ1) is 34.6. The Labute approximate surface area is 348 Å². The maximum atomic E-state index is 6.46. The summed E-state index contributed by atoms with van der Waals surface area (Å²) in [5, 5.41) is 2.08. The average molecular weight is 773 g/mol. The largest absolute Gasteiger partial charge is 0.456 e. The highest BCUT2D eigenvalue weighted by atomic mass is 16.4. The Balaban J connectivity index is 0.907. The molecule has 4 heteroatoms. The summed E-state index contributed by atoms with van der Waals surface area (Å²) >= 11 is 0. The number of benzene rings is 7. The van der Waals surface area contributed by atoms with Crippen molar-refractivity contribution >= 4 is 55.7 Å². The number of oxazole rings is 1. The lowest BCUT2D eigenvalue weighted by molar-refractivity contribution is 0.617. The van der Waals surface area contributed by atoms with Crippen LogP contribution in [-0.2, 0) is 5.41 Å². The minimum Gasteiger partial charge on any atom is -0.456 e. The molecular weight excluding hydrogens is 733 g/mol. The lowest BCUT2D eigenvalue weighted by atomic mass is 9.77. The number of rotatable bonds is 6. The van der Waals surface area contributed by atoms with E-state index in [1.54, 1.807) is 0 Å². The van der Waals surface area contributed by atoms with Crippen LogP contribution in [0.2, 0.25) is 0 Å². The summed E-state index contributed by atoms with van der Waals surface area (Å²) in [4.78, 5) is 7.19. The zero-order valence-corrected chi connectivity index (χ0v) is 33.3. The van der Waals surface area contributed by atoms with Gasteiger partial charge in [-0.3, -0.25) is 0 Å². The van der Waals surface area contributed by atoms with Gasteiger partial charge in [0, 0.05) is 56.7 Å². The topological polar surface area (TPSA) is 42.4 Å². The second-order valence-electron chi connectivity index (χ2n) is 16.7. The highest BCUT2D eigenvalue weighted by Gasteiger charge is 2.36. The van der Waals surface area contributed by atoms with Crippen LogP contribution in [-0.4, -0.2) is 4.98 Å². The van der Waals surface area contributed by atoms with E-state index in [2.05, 4.69) is 177 Å². The van der Waals surface area contributed by atoms with Gasteiger partial charge in [0.25, 0.3) is 0 Å². The molecule has 3 aliphatic rings. The lowest BCUT2D eigenvalue weighted by Gasteiger charge is -2.29. The van der Waals surface area contributed by atoms with E-state index in [1.807, 2.05) is 36.4 Å². The molecule has 0 spiro atoms. The highest BCUT2D eigenvalue weighted by molar-refractivity contribution is 6.09. The molecule has 0 bridgehead atoms. The molecule has 0 fully saturated rings. The van der Waals surface area contributed by atoms with E-state index in [1.165, 1.54) is 33.4 Å². The molecule has 0 saturated heterocycles. The molecule has 9 aromatic rings. The molecule has 0 saturated carbocycles. The van der Waals surface area contributed by atoms with E-state index in [4.69, 9.17) is 13.8 Å². The van der Waals surface area contributed by atoms with Crippen LogP contribution in [0, 0.1) is 11.8 Å². The van der Waals surface area contributed by atoms with Crippen LogP contribution in [0.1, 0.15) is 30.5 Å². The van der Waals surface area contributed by atoms with Gasteiger partial charge in [-0.05, 0) is 111 Å². The Morgan fingerprint density at radius 3 is 2.02 bits per heavy atom. The smallest absolute Gasteiger partial charge is 0.227 e. The SMILES string of the molecule is CC1(C)c2ccccc2-c2ccc(N(c3ccc(C4=CC=CC5C=CC=CC45)cc3)c3ccc(-c4ccc5c(c4)oc4cc6oc(-c7ccccc7)nc6cc45)cc3)cc21. The molecule has 4 nitrogen and oxygen atoms in total. The summed E-state index contributed by atoms with van der Waals surface area (Å²) in [6.45, 7) is 4.69. The molecule has 2 unspecified atom stereocenters. The maximum absolute atomic E-state index is 6.46. The molecule has 3 aliphatic carbocycles. The summed E-state index contributed by atoms with van der Waals surface area (Å²) in [6.07, 6.45) is 15.7. The molecule has 12 rings (SSSR count). The molecule has 2 aromatic heterocycles. The summed E-state index contributed by atoms with van der Waals surface area (Å²) in [5.74, 6) is 1.36. The van der Waals surface area contributed by atoms with Crippen molar-refractivity contribution in [3.8, 4) is 33.7 Å². The summed E-state index contributed by atoms with van der Waals surface area (Å²) in [7, 11) is 0. The summed E-state index contributed by atoms with van der Waals surface area (Å²) in [6, 6.07) is 54.4. The minimum atomic E-state index is -0.110. The second-order valence-corrected chi connectivity index (χ2v) is 16.7. The fourth-order valence-electron chi connectivity index (χ4n) is 9.77. The standard InChI is InChI=1S/C56H40N2O2/c1-56(2)49-18-9-8-16-45(49)46-30-28-42(32-50(46)56)58(41-26-21-37(22-27-41)44-17-10-14-36-11-6-7-15-43(36)44)40-24-19-35(20-25-40)39-23-29-47-48-33-51-54(34-53(48)59-52(47)31-39)60-55(57-51)38-12-4-3-5-13-38/h3-34,36,43H,1-2H3. The van der Waals surface area contributed by atoms with Gasteiger partial charge in [-0.25, -0.2) is 4.98 Å². The van der Waals surface area contributed by atoms with E-state index in [9.17, 15) is 0 Å². The fourth-order valence-corrected chi connectivity index (χ4v) is 9.77. The van der Waals surface area contributed by atoms with Crippen molar-refractivity contribution in [1.82, 2.24) is 4.98 Å². The van der Waals surface area contributed by atoms with Crippen molar-refractivity contribution in [3.05, 3.63) is 211 Å². The molecule has 2 atom stereocenters. The van der Waals surface area contributed by atoms with Crippen molar-refractivity contribution in [2.45, 2.75) is 19.3 Å². The number of anilines is 3. The molecule has 286 valence electrons. The zero-order valence-electron chi connectivity index (χ0n) is 33.3. The molecule has 2 heterocycles. The Kier molecular flexibility index (Phi) is 7.67. The number of allylic oxidation sites excluding steroid dienone is 8. The second kappa shape index (κ2) is 13.3. The Bertz CT molecular complexity index is 3280. The van der Waals surface area contributed by atoms with Gasteiger partial charge in [-0.1, -0.05) is 135 Å². The van der Waals surface area contributed by atoms with Gasteiger partial charge in [0.15, 0.2) is 5.58 Å². The van der Waals surface area contributed by atoms with E-state index in [-0.39, 0.29) is 5.41 Å². The first-order valence-corrected chi connectivity index (χ1v) is 20.8. The van der Waals surface area contributed by atoms with Gasteiger partial charge in [0.2, 0.25) is 5.89 Å². The number of nitrogens with zero attached hydrogens (tertiary/aromatic N) is 2. The number of aromatic nitrogens is 1. The molecule has 0 N–H and O–H groups in total. The van der Waals surface area contributed by atoms with Crippen molar-refractivity contribution < 1.29 is 8.83 Å². The van der Waals surface area contributed by atoms with Crippen LogP contribution in [0.15, 0.2) is 203 Å². The monoisotopic (exact) mass is 772 g/mol. The van der Waals surface area contributed by atoms with Gasteiger partial charge < -0.3 is 13.7 Å². The molecule has 0 radical (unpaired) electrons. The first-order valence-electron chi connectivity index (χ1n) is 20.8. The first-order chi connectivity index (χ1) is 29.5. The van der Waals surface area contributed by atoms with Crippen LogP contribution >= 0.6 is 0 Å². The van der Waals surface area contributed by atoms with E-state index in [0.717, 1.165) is 61.2 Å². The lowest BCUT2D eigenvalue weighted by Crippen LogP contribution is -2.17. The summed E-state index contributed by atoms with van der Waals surface area (Å²) < 4.78 is 12.6. The minimum absolute atomic E-state index is 0.110. The fraction of sp³-hybridized carbons (Fsp3) is 0.0893. The van der Waals surface area contributed by atoms with Crippen LogP contribution in [0.25, 0.3) is 72.3 Å². The van der Waals surface area contributed by atoms with Crippen LogP contribution < -0.4 is 4.90 Å². The third-order valence-corrected chi connectivity index (χ3v) is 12.9. The third kappa shape index (κ3) is 5.48. The number of furan rings is 1. The highest BCUT2D eigenvalue weighted by Crippen LogP contribution is 2.51. The normalized spacial score (nSPS) is 17.2. The number of fused-ring (bicyclic) bond motifs is 8. The van der Waals surface area contributed by atoms with Crippen molar-refractivity contribution in [2.24, 2.45) is 11.8 Å². The predicted octanol–water partition coefficient (Wildman–Crippen LogP) is 15.1. The molecule has 0 aliphatic heterocycles. The van der Waals surface area contributed by atoms with Crippen LogP contribution in [0.3, 0.4) is 0 Å². The van der Waals surface area contributed by atoms with Crippen molar-refractivity contribution in [2.75, 3.05) is 4.90 Å². The van der Waals surface area contributed by atoms with Crippen LogP contribution in [0.4, 0.5) is 17.1 Å². The third-order valence-electron chi connectivity index (χ3n) is 12.9. The Morgan fingerprint density at radius 2 is 1.18 bits per heavy atom. The maximum Gasteiger partial charge on any atom is 0.227 e.